The van der Waals surface area contributed by atoms with E-state index in [2.05, 4.69) is 124 Å². The van der Waals surface area contributed by atoms with Gasteiger partial charge in [-0.15, -0.1) is 0 Å². The molecule has 0 N–H and O–H groups in total. The SMILES string of the molecule is CCCCc1ccc([P+](c2ccccc2)(c2ccccc2)c2ccccc2)c(CCCC)c1CCCC. The zero-order chi connectivity index (χ0) is 25.9. The Morgan fingerprint density at radius 1 is 0.432 bits per heavy atom. The normalized spacial score (nSPS) is 11.5. The predicted octanol–water partition coefficient (Wildman–Crippen LogP) is 8.33. The Balaban J connectivity index is 2.12. The third kappa shape index (κ3) is 5.91. The first-order valence-corrected chi connectivity index (χ1v) is 16.3. The molecule has 0 saturated carbocycles. The third-order valence-electron chi connectivity index (χ3n) is 7.66. The van der Waals surface area contributed by atoms with Crippen molar-refractivity contribution >= 4 is 28.5 Å². The second kappa shape index (κ2) is 13.7. The van der Waals surface area contributed by atoms with E-state index in [-0.39, 0.29) is 0 Å². The number of aryl methyl sites for hydroxylation is 1. The summed E-state index contributed by atoms with van der Waals surface area (Å²) < 4.78 is 0. The highest BCUT2D eigenvalue weighted by Gasteiger charge is 2.49. The van der Waals surface area contributed by atoms with Gasteiger partial charge in [0.05, 0.1) is 0 Å². The van der Waals surface area contributed by atoms with E-state index >= 15 is 0 Å². The first kappa shape index (κ1) is 27.3. The minimum Gasteiger partial charge on any atom is -0.0654 e. The van der Waals surface area contributed by atoms with Crippen molar-refractivity contribution < 1.29 is 0 Å². The number of hydrogen-bond acceptors (Lipinski definition) is 0. The van der Waals surface area contributed by atoms with Crippen molar-refractivity contribution in [3.63, 3.8) is 0 Å². The lowest BCUT2D eigenvalue weighted by Crippen LogP contribution is -2.40. The third-order valence-corrected chi connectivity index (χ3v) is 12.0. The van der Waals surface area contributed by atoms with Gasteiger partial charge in [-0.3, -0.25) is 0 Å². The molecule has 4 aromatic rings. The van der Waals surface area contributed by atoms with Crippen molar-refractivity contribution in [2.24, 2.45) is 0 Å². The second-order valence-corrected chi connectivity index (χ2v) is 13.6. The molecule has 0 aromatic heterocycles. The van der Waals surface area contributed by atoms with Crippen LogP contribution in [-0.2, 0) is 19.3 Å². The van der Waals surface area contributed by atoms with Gasteiger partial charge in [0, 0.05) is 0 Å². The highest BCUT2D eigenvalue weighted by molar-refractivity contribution is 8.01. The molecule has 0 aliphatic rings. The molecule has 4 rings (SSSR count). The smallest absolute Gasteiger partial charge is 0.0654 e. The minimum atomic E-state index is -2.09. The van der Waals surface area contributed by atoms with Crippen LogP contribution in [-0.4, -0.2) is 0 Å². The van der Waals surface area contributed by atoms with Crippen LogP contribution in [0.4, 0.5) is 0 Å². The first-order chi connectivity index (χ1) is 18.3. The van der Waals surface area contributed by atoms with Crippen LogP contribution in [0, 0.1) is 0 Å². The summed E-state index contributed by atoms with van der Waals surface area (Å²) in [6, 6.07) is 39.2. The number of benzene rings is 4. The Hall–Kier alpha value is -2.69. The molecule has 0 aliphatic heterocycles. The Bertz CT molecular complexity index is 1120. The molecule has 0 fully saturated rings. The standard InChI is InChI=1S/C36H44P/c1-4-7-19-30-28-29-36(35(27-9-6-3)34(30)26-8-5-2)37(31-20-13-10-14-21-31,32-22-15-11-16-23-32)33-24-17-12-18-25-33/h10-18,20-25,28-29H,4-9,19,26-27H2,1-3H3/q+1. The van der Waals surface area contributed by atoms with Gasteiger partial charge in [0.15, 0.2) is 0 Å². The molecule has 37 heavy (non-hydrogen) atoms. The largest absolute Gasteiger partial charge is 0.144 e. The Labute approximate surface area is 226 Å². The summed E-state index contributed by atoms with van der Waals surface area (Å²) in [4.78, 5) is 0. The Morgan fingerprint density at radius 3 is 1.27 bits per heavy atom. The van der Waals surface area contributed by atoms with Crippen molar-refractivity contribution in [3.8, 4) is 0 Å². The summed E-state index contributed by atoms with van der Waals surface area (Å²) >= 11 is 0. The van der Waals surface area contributed by atoms with Gasteiger partial charge in [0.2, 0.25) is 0 Å². The molecular formula is C36H44P+. The number of unbranched alkanes of at least 4 members (excludes halogenated alkanes) is 3. The van der Waals surface area contributed by atoms with Gasteiger partial charge >= 0.3 is 0 Å². The van der Waals surface area contributed by atoms with Crippen LogP contribution in [0.3, 0.4) is 0 Å². The molecule has 0 amide bonds. The molecular weight excluding hydrogens is 463 g/mol. The van der Waals surface area contributed by atoms with Crippen LogP contribution < -0.4 is 21.2 Å². The zero-order valence-corrected chi connectivity index (χ0v) is 24.0. The van der Waals surface area contributed by atoms with E-state index in [9.17, 15) is 0 Å². The quantitative estimate of drug-likeness (QED) is 0.160. The van der Waals surface area contributed by atoms with Gasteiger partial charge < -0.3 is 0 Å². The number of rotatable bonds is 13. The first-order valence-electron chi connectivity index (χ1n) is 14.5. The fourth-order valence-corrected chi connectivity index (χ4v) is 10.3. The summed E-state index contributed by atoms with van der Waals surface area (Å²) in [7, 11) is -2.09. The monoisotopic (exact) mass is 507 g/mol. The molecule has 0 saturated heterocycles. The summed E-state index contributed by atoms with van der Waals surface area (Å²) in [6.07, 6.45) is 11.0. The topological polar surface area (TPSA) is 0 Å². The van der Waals surface area contributed by atoms with E-state index in [0.29, 0.717) is 0 Å². The van der Waals surface area contributed by atoms with Crippen LogP contribution >= 0.6 is 7.26 Å². The molecule has 0 radical (unpaired) electrons. The molecule has 0 bridgehead atoms. The van der Waals surface area contributed by atoms with Crippen LogP contribution in [0.25, 0.3) is 0 Å². The predicted molar refractivity (Wildman–Crippen MR) is 167 cm³/mol. The van der Waals surface area contributed by atoms with Crippen LogP contribution in [0.5, 0.6) is 0 Å². The zero-order valence-electron chi connectivity index (χ0n) is 23.1. The summed E-state index contributed by atoms with van der Waals surface area (Å²) in [6.45, 7) is 6.98. The van der Waals surface area contributed by atoms with Gasteiger partial charge in [-0.2, -0.15) is 0 Å². The van der Waals surface area contributed by atoms with Crippen molar-refractivity contribution in [2.75, 3.05) is 0 Å². The maximum atomic E-state index is 2.55. The fraction of sp³-hybridized carbons (Fsp3) is 0.333. The highest BCUT2D eigenvalue weighted by Crippen LogP contribution is 2.55. The van der Waals surface area contributed by atoms with Crippen molar-refractivity contribution in [1.82, 2.24) is 0 Å². The molecule has 192 valence electrons. The molecule has 0 spiro atoms. The maximum absolute atomic E-state index is 2.55. The Kier molecular flexibility index (Phi) is 10.2. The van der Waals surface area contributed by atoms with E-state index in [1.54, 1.807) is 22.0 Å². The van der Waals surface area contributed by atoms with E-state index in [1.807, 2.05) is 0 Å². The van der Waals surface area contributed by atoms with E-state index in [4.69, 9.17) is 0 Å². The fourth-order valence-electron chi connectivity index (χ4n) is 5.76. The van der Waals surface area contributed by atoms with Gasteiger partial charge in [-0.05, 0) is 97.7 Å². The minimum absolute atomic E-state index is 1.17. The maximum Gasteiger partial charge on any atom is 0.144 e. The van der Waals surface area contributed by atoms with E-state index in [1.165, 1.54) is 73.7 Å². The summed E-state index contributed by atoms with van der Waals surface area (Å²) in [5.74, 6) is 0. The number of hydrogen-bond donors (Lipinski definition) is 0. The van der Waals surface area contributed by atoms with Crippen LogP contribution in [0.2, 0.25) is 0 Å². The van der Waals surface area contributed by atoms with Crippen molar-refractivity contribution in [3.05, 3.63) is 120 Å². The van der Waals surface area contributed by atoms with Crippen molar-refractivity contribution in [1.29, 1.82) is 0 Å². The molecule has 1 heteroatoms. The lowest BCUT2D eigenvalue weighted by atomic mass is 9.91. The molecule has 0 unspecified atom stereocenters. The van der Waals surface area contributed by atoms with Crippen LogP contribution in [0.1, 0.15) is 76.0 Å². The summed E-state index contributed by atoms with van der Waals surface area (Å²) in [5.41, 5.74) is 4.90. The van der Waals surface area contributed by atoms with Gasteiger partial charge in [0.25, 0.3) is 0 Å². The molecule has 0 heterocycles. The Morgan fingerprint density at radius 2 is 0.838 bits per heavy atom. The van der Waals surface area contributed by atoms with Crippen molar-refractivity contribution in [2.45, 2.75) is 78.6 Å². The molecule has 0 atom stereocenters. The molecule has 4 aromatic carbocycles. The van der Waals surface area contributed by atoms with Gasteiger partial charge in [-0.1, -0.05) is 101 Å². The molecule has 0 aliphatic carbocycles. The second-order valence-electron chi connectivity index (χ2n) is 10.2. The van der Waals surface area contributed by atoms with Gasteiger partial charge in [-0.25, -0.2) is 0 Å². The van der Waals surface area contributed by atoms with E-state index < -0.39 is 7.26 Å². The highest BCUT2D eigenvalue weighted by atomic mass is 31.2. The lowest BCUT2D eigenvalue weighted by molar-refractivity contribution is 0.737. The average molecular weight is 508 g/mol. The van der Waals surface area contributed by atoms with Gasteiger partial charge in [0.1, 0.15) is 28.5 Å². The molecule has 0 nitrogen and oxygen atoms in total. The van der Waals surface area contributed by atoms with Crippen LogP contribution in [0.15, 0.2) is 103 Å². The lowest BCUT2D eigenvalue weighted by Gasteiger charge is -2.31. The summed E-state index contributed by atoms with van der Waals surface area (Å²) in [5, 5.41) is 5.93. The average Bonchev–Trinajstić information content (AvgIpc) is 2.96. The van der Waals surface area contributed by atoms with E-state index in [0.717, 1.165) is 0 Å².